The molecule has 2 aromatic heterocycles. The summed E-state index contributed by atoms with van der Waals surface area (Å²) in [6.07, 6.45) is 7.23. The zero-order valence-corrected chi connectivity index (χ0v) is 23.2. The number of pyridine rings is 1. The van der Waals surface area contributed by atoms with E-state index in [1.54, 1.807) is 12.1 Å². The van der Waals surface area contributed by atoms with Crippen molar-refractivity contribution in [3.8, 4) is 0 Å². The molecule has 1 aliphatic heterocycles. The lowest BCUT2D eigenvalue weighted by molar-refractivity contribution is -0.646. The lowest BCUT2D eigenvalue weighted by Gasteiger charge is -2.20. The number of hydrogen-bond donors (Lipinski definition) is 1. The number of benzene rings is 2. The zero-order chi connectivity index (χ0) is 27.4. The summed E-state index contributed by atoms with van der Waals surface area (Å²) < 4.78 is 22.5. The molecule has 1 N–H and O–H groups in total. The van der Waals surface area contributed by atoms with E-state index in [0.717, 1.165) is 60.3 Å². The van der Waals surface area contributed by atoms with E-state index in [2.05, 4.69) is 35.0 Å². The van der Waals surface area contributed by atoms with Gasteiger partial charge in [0.1, 0.15) is 18.4 Å². The lowest BCUT2D eigenvalue weighted by atomic mass is 10.1. The Kier molecular flexibility index (Phi) is 8.27. The van der Waals surface area contributed by atoms with E-state index in [1.807, 2.05) is 54.1 Å². The number of rotatable bonds is 10. The molecule has 6 nitrogen and oxygen atoms in total. The molecule has 2 aromatic carbocycles. The number of nitrogens with one attached hydrogen (secondary N) is 1. The van der Waals surface area contributed by atoms with Crippen LogP contribution in [-0.2, 0) is 7.05 Å². The quantitative estimate of drug-likeness (QED) is 0.159. The predicted molar refractivity (Wildman–Crippen MR) is 159 cm³/mol. The summed E-state index contributed by atoms with van der Waals surface area (Å²) >= 11 is 0. The van der Waals surface area contributed by atoms with Gasteiger partial charge in [0.05, 0.1) is 11.3 Å². The van der Waals surface area contributed by atoms with E-state index in [-0.39, 0.29) is 11.4 Å². The summed E-state index contributed by atoms with van der Waals surface area (Å²) in [6.45, 7) is 10.1. The Bertz CT molecular complexity index is 1550. The first-order valence-corrected chi connectivity index (χ1v) is 14.1. The Balaban J connectivity index is 1.36. The van der Waals surface area contributed by atoms with Gasteiger partial charge in [-0.15, -0.1) is 0 Å². The van der Waals surface area contributed by atoms with Crippen LogP contribution in [0.15, 0.2) is 57.7 Å². The predicted octanol–water partition coefficient (Wildman–Crippen LogP) is 5.82. The van der Waals surface area contributed by atoms with Gasteiger partial charge >= 0.3 is 5.63 Å². The maximum atomic E-state index is 14.8. The molecule has 0 radical (unpaired) electrons. The average Bonchev–Trinajstić information content (AvgIpc) is 3.46. The molecule has 0 atom stereocenters. The fraction of sp³-hybridized carbons (Fsp3) is 0.375. The van der Waals surface area contributed by atoms with E-state index in [1.165, 1.54) is 25.9 Å². The molecule has 3 heterocycles. The summed E-state index contributed by atoms with van der Waals surface area (Å²) in [5, 5.41) is 4.99. The van der Waals surface area contributed by atoms with E-state index in [9.17, 15) is 9.18 Å². The van der Waals surface area contributed by atoms with Crippen molar-refractivity contribution in [2.75, 3.05) is 49.5 Å². The molecule has 4 aromatic rings. The lowest BCUT2D eigenvalue weighted by Crippen LogP contribution is -2.32. The van der Waals surface area contributed by atoms with Gasteiger partial charge in [0, 0.05) is 60.4 Å². The van der Waals surface area contributed by atoms with Crippen LogP contribution in [-0.4, -0.2) is 44.2 Å². The molecule has 0 saturated carbocycles. The Labute approximate surface area is 229 Å². The number of hydrogen-bond acceptors (Lipinski definition) is 5. The van der Waals surface area contributed by atoms with Gasteiger partial charge in [-0.3, -0.25) is 0 Å². The van der Waals surface area contributed by atoms with Crippen molar-refractivity contribution in [3.05, 3.63) is 76.0 Å². The molecular weight excluding hydrogens is 491 g/mol. The smallest absolute Gasteiger partial charge is 0.343 e. The van der Waals surface area contributed by atoms with Crippen LogP contribution in [0.25, 0.3) is 34.0 Å². The van der Waals surface area contributed by atoms with Gasteiger partial charge in [0.2, 0.25) is 11.2 Å². The Morgan fingerprint density at radius 1 is 1.03 bits per heavy atom. The SMILES string of the molecule is CCN(CC)c1ccc2cc(/C=C/c3ccc4cc(F)c(NCCCN5CCCC5)cc4[n+]3C)c(=O)oc2c1. The van der Waals surface area contributed by atoms with Gasteiger partial charge in [-0.25, -0.2) is 9.18 Å². The Morgan fingerprint density at radius 2 is 1.79 bits per heavy atom. The molecule has 1 saturated heterocycles. The number of aryl methyl sites for hydroxylation is 1. The number of nitrogens with zero attached hydrogens (tertiary/aromatic N) is 3. The van der Waals surface area contributed by atoms with Crippen molar-refractivity contribution in [2.24, 2.45) is 7.05 Å². The van der Waals surface area contributed by atoms with Gasteiger partial charge < -0.3 is 19.5 Å². The molecule has 39 heavy (non-hydrogen) atoms. The molecule has 7 heteroatoms. The first-order chi connectivity index (χ1) is 19.0. The van der Waals surface area contributed by atoms with E-state index >= 15 is 0 Å². The van der Waals surface area contributed by atoms with Crippen LogP contribution >= 0.6 is 0 Å². The molecule has 0 amide bonds. The maximum Gasteiger partial charge on any atom is 0.343 e. The van der Waals surface area contributed by atoms with Crippen molar-refractivity contribution in [1.82, 2.24) is 4.90 Å². The molecular formula is C32H38FN4O2+. The number of anilines is 2. The minimum Gasteiger partial charge on any atom is -0.422 e. The average molecular weight is 530 g/mol. The fourth-order valence-electron chi connectivity index (χ4n) is 5.45. The number of halogens is 1. The topological polar surface area (TPSA) is 52.6 Å². The molecule has 1 aliphatic rings. The second-order valence-corrected chi connectivity index (χ2v) is 10.3. The second-order valence-electron chi connectivity index (χ2n) is 10.3. The van der Waals surface area contributed by atoms with E-state index in [0.29, 0.717) is 16.8 Å². The van der Waals surface area contributed by atoms with Crippen LogP contribution in [0.2, 0.25) is 0 Å². The van der Waals surface area contributed by atoms with Crippen LogP contribution in [0, 0.1) is 5.82 Å². The molecule has 0 bridgehead atoms. The zero-order valence-electron chi connectivity index (χ0n) is 23.2. The van der Waals surface area contributed by atoms with Crippen LogP contribution in [0.5, 0.6) is 0 Å². The summed E-state index contributed by atoms with van der Waals surface area (Å²) in [5.74, 6) is -0.245. The minimum atomic E-state index is -0.374. The third kappa shape index (κ3) is 5.98. The van der Waals surface area contributed by atoms with Crippen molar-refractivity contribution >= 4 is 45.4 Å². The van der Waals surface area contributed by atoms with Gasteiger partial charge in [-0.1, -0.05) is 0 Å². The highest BCUT2D eigenvalue weighted by atomic mass is 19.1. The van der Waals surface area contributed by atoms with Gasteiger partial charge in [0.25, 0.3) is 0 Å². The van der Waals surface area contributed by atoms with Crippen molar-refractivity contribution in [2.45, 2.75) is 33.1 Å². The van der Waals surface area contributed by atoms with E-state index in [4.69, 9.17) is 4.42 Å². The van der Waals surface area contributed by atoms with Gasteiger partial charge in [-0.2, -0.15) is 4.57 Å². The van der Waals surface area contributed by atoms with Crippen molar-refractivity contribution < 1.29 is 13.4 Å². The standard InChI is InChI=1S/C32H37FN4O2/c1-4-37(5-2)27-14-10-24-19-25(32(38)39-31(24)21-27)11-13-26-12-9-23-20-28(33)29(22-30(23)35(26)3)34-15-8-18-36-16-6-7-17-36/h9-14,19-22H,4-8,15-18H2,1-3H3/p+1/b13-11+. The van der Waals surface area contributed by atoms with Crippen LogP contribution < -0.4 is 20.4 Å². The number of fused-ring (bicyclic) bond motifs is 2. The van der Waals surface area contributed by atoms with Gasteiger partial charge in [-0.05, 0) is 89.2 Å². The Morgan fingerprint density at radius 3 is 2.56 bits per heavy atom. The molecule has 1 fully saturated rings. The molecule has 0 aliphatic carbocycles. The largest absolute Gasteiger partial charge is 0.422 e. The van der Waals surface area contributed by atoms with Crippen LogP contribution in [0.3, 0.4) is 0 Å². The third-order valence-corrected chi connectivity index (χ3v) is 7.77. The maximum absolute atomic E-state index is 14.8. The van der Waals surface area contributed by atoms with Crippen molar-refractivity contribution in [1.29, 1.82) is 0 Å². The summed E-state index contributed by atoms with van der Waals surface area (Å²) in [6, 6.07) is 15.1. The van der Waals surface area contributed by atoms with Crippen molar-refractivity contribution in [3.63, 3.8) is 0 Å². The highest BCUT2D eigenvalue weighted by Crippen LogP contribution is 2.24. The highest BCUT2D eigenvalue weighted by Gasteiger charge is 2.15. The molecule has 204 valence electrons. The fourth-order valence-corrected chi connectivity index (χ4v) is 5.45. The Hall–Kier alpha value is -3.71. The number of likely N-dealkylation sites (tertiary alicyclic amines) is 1. The van der Waals surface area contributed by atoms with Crippen LogP contribution in [0.4, 0.5) is 15.8 Å². The second kappa shape index (κ2) is 12.0. The summed E-state index contributed by atoms with van der Waals surface area (Å²) in [4.78, 5) is 17.5. The minimum absolute atomic E-state index is 0.245. The first kappa shape index (κ1) is 26.9. The highest BCUT2D eigenvalue weighted by molar-refractivity contribution is 5.84. The van der Waals surface area contributed by atoms with Crippen LogP contribution in [0.1, 0.15) is 44.4 Å². The monoisotopic (exact) mass is 529 g/mol. The molecule has 5 rings (SSSR count). The van der Waals surface area contributed by atoms with Gasteiger partial charge in [0.15, 0.2) is 0 Å². The normalized spacial score (nSPS) is 14.2. The third-order valence-electron chi connectivity index (χ3n) is 7.77. The first-order valence-electron chi connectivity index (χ1n) is 14.1. The van der Waals surface area contributed by atoms with E-state index < -0.39 is 0 Å². The summed E-state index contributed by atoms with van der Waals surface area (Å²) in [7, 11) is 1.95. The summed E-state index contributed by atoms with van der Waals surface area (Å²) in [5.41, 5.74) is 4.05. The number of aromatic nitrogens is 1. The molecule has 0 spiro atoms. The molecule has 0 unspecified atom stereocenters.